The molecule has 0 saturated carbocycles. The van der Waals surface area contributed by atoms with Crippen LogP contribution in [0.2, 0.25) is 0 Å². The molecular formula is C40H48N2O4. The minimum absolute atomic E-state index is 0.203. The zero-order valence-electron chi connectivity index (χ0n) is 28.5. The first-order chi connectivity index (χ1) is 21.9. The number of carboxylic acids is 2. The summed E-state index contributed by atoms with van der Waals surface area (Å²) in [5, 5.41) is 20.0. The second-order valence-corrected chi connectivity index (χ2v) is 11.5. The molecule has 0 unspecified atom stereocenters. The number of carboxylic acid groups (broad SMARTS) is 2. The maximum absolute atomic E-state index is 12.4. The maximum atomic E-state index is 12.4. The Kier molecular flexibility index (Phi) is 12.8. The Morgan fingerprint density at radius 3 is 1.33 bits per heavy atom. The van der Waals surface area contributed by atoms with Crippen LogP contribution in [0.25, 0.3) is 30.4 Å². The predicted octanol–water partition coefficient (Wildman–Crippen LogP) is 9.23. The van der Waals surface area contributed by atoms with Crippen molar-refractivity contribution >= 4 is 53.7 Å². The summed E-state index contributed by atoms with van der Waals surface area (Å²) in [6.45, 7) is 19.5. The smallest absolute Gasteiger partial charge is 0.336 e. The molecule has 0 amide bonds. The molecule has 0 saturated heterocycles. The minimum atomic E-state index is -1.28. The van der Waals surface area contributed by atoms with Crippen molar-refractivity contribution in [3.05, 3.63) is 110 Å². The van der Waals surface area contributed by atoms with Crippen molar-refractivity contribution in [3.63, 3.8) is 0 Å². The average Bonchev–Trinajstić information content (AvgIpc) is 3.03. The van der Waals surface area contributed by atoms with E-state index in [-0.39, 0.29) is 11.1 Å². The third-order valence-corrected chi connectivity index (χ3v) is 8.44. The SMILES string of the molecule is CCN(CC)c1ccc(/C=C/c2cc(/C=C/c3ccc(N(CC)CC)cc3)c(C)c(/C=C(/C(=O)O)C(C(=O)O)=C(C)C)c2C)cc1. The Bertz CT molecular complexity index is 1560. The van der Waals surface area contributed by atoms with E-state index in [0.717, 1.165) is 59.6 Å². The molecule has 0 bridgehead atoms. The first-order valence-corrected chi connectivity index (χ1v) is 16.0. The standard InChI is InChI=1S/C40H48N2O4/c1-9-41(10-2)34-21-15-30(16-22-34)13-19-32-25-33(20-14-31-17-23-35(24-18-31)42(11-3)12-4)29(8)36(28(32)7)26-37(39(43)44)38(27(5)6)40(45)46/h13-26H,9-12H2,1-8H3,(H,43,44)(H,45,46)/b19-13+,20-14+,37-26+. The molecular weight excluding hydrogens is 572 g/mol. The van der Waals surface area contributed by atoms with Gasteiger partial charge in [-0.05, 0) is 131 Å². The van der Waals surface area contributed by atoms with Gasteiger partial charge in [0.15, 0.2) is 0 Å². The van der Waals surface area contributed by atoms with Gasteiger partial charge in [0.2, 0.25) is 0 Å². The first kappa shape index (κ1) is 35.6. The van der Waals surface area contributed by atoms with Crippen LogP contribution in [0, 0.1) is 13.8 Å². The molecule has 0 radical (unpaired) electrons. The van der Waals surface area contributed by atoms with Crippen molar-refractivity contribution in [2.75, 3.05) is 36.0 Å². The monoisotopic (exact) mass is 620 g/mol. The molecule has 6 nitrogen and oxygen atoms in total. The van der Waals surface area contributed by atoms with E-state index in [0.29, 0.717) is 11.1 Å². The first-order valence-electron chi connectivity index (χ1n) is 16.0. The van der Waals surface area contributed by atoms with Gasteiger partial charge in [-0.2, -0.15) is 0 Å². The van der Waals surface area contributed by atoms with E-state index < -0.39 is 11.9 Å². The van der Waals surface area contributed by atoms with Crippen molar-refractivity contribution in [2.24, 2.45) is 0 Å². The fourth-order valence-corrected chi connectivity index (χ4v) is 5.66. The Hall–Kier alpha value is -4.84. The van der Waals surface area contributed by atoms with Gasteiger partial charge in [-0.3, -0.25) is 0 Å². The average molecular weight is 621 g/mol. The molecule has 0 aliphatic rings. The molecule has 0 aliphatic heterocycles. The quantitative estimate of drug-likeness (QED) is 0.106. The van der Waals surface area contributed by atoms with Gasteiger partial charge >= 0.3 is 11.9 Å². The molecule has 3 aromatic rings. The molecule has 0 fully saturated rings. The number of allylic oxidation sites excluding steroid dienone is 1. The Balaban J connectivity index is 2.17. The van der Waals surface area contributed by atoms with E-state index in [1.165, 1.54) is 17.5 Å². The van der Waals surface area contributed by atoms with E-state index in [1.54, 1.807) is 13.8 Å². The number of nitrogens with zero attached hydrogens (tertiary/aromatic N) is 2. The summed E-state index contributed by atoms with van der Waals surface area (Å²) in [5.41, 5.74) is 8.67. The summed E-state index contributed by atoms with van der Waals surface area (Å²) in [6, 6.07) is 18.9. The minimum Gasteiger partial charge on any atom is -0.478 e. The Labute approximate surface area is 274 Å². The molecule has 0 aromatic heterocycles. The van der Waals surface area contributed by atoms with E-state index in [4.69, 9.17) is 0 Å². The largest absolute Gasteiger partial charge is 0.478 e. The van der Waals surface area contributed by atoms with Gasteiger partial charge in [-0.15, -0.1) is 0 Å². The number of hydrogen-bond acceptors (Lipinski definition) is 4. The molecule has 46 heavy (non-hydrogen) atoms. The molecule has 0 aliphatic carbocycles. The predicted molar refractivity (Wildman–Crippen MR) is 195 cm³/mol. The third kappa shape index (κ3) is 8.66. The molecule has 0 spiro atoms. The highest BCUT2D eigenvalue weighted by Gasteiger charge is 2.22. The number of rotatable bonds is 14. The van der Waals surface area contributed by atoms with Crippen LogP contribution in [-0.2, 0) is 9.59 Å². The number of anilines is 2. The zero-order valence-corrected chi connectivity index (χ0v) is 28.5. The van der Waals surface area contributed by atoms with Crippen molar-refractivity contribution in [1.82, 2.24) is 0 Å². The second-order valence-electron chi connectivity index (χ2n) is 11.5. The van der Waals surface area contributed by atoms with Gasteiger partial charge in [-0.1, -0.05) is 54.1 Å². The van der Waals surface area contributed by atoms with E-state index >= 15 is 0 Å². The number of benzene rings is 3. The molecule has 3 aromatic carbocycles. The molecule has 3 rings (SSSR count). The van der Waals surface area contributed by atoms with Gasteiger partial charge in [0, 0.05) is 37.6 Å². The van der Waals surface area contributed by atoms with Crippen LogP contribution in [0.1, 0.15) is 80.5 Å². The normalized spacial score (nSPS) is 11.7. The highest BCUT2D eigenvalue weighted by molar-refractivity contribution is 6.09. The molecule has 0 heterocycles. The van der Waals surface area contributed by atoms with Gasteiger partial charge in [-0.25, -0.2) is 9.59 Å². The summed E-state index contributed by atoms with van der Waals surface area (Å²) in [7, 11) is 0. The van der Waals surface area contributed by atoms with Crippen molar-refractivity contribution < 1.29 is 19.8 Å². The lowest BCUT2D eigenvalue weighted by Gasteiger charge is -2.21. The van der Waals surface area contributed by atoms with Crippen molar-refractivity contribution in [2.45, 2.75) is 55.4 Å². The summed E-state index contributed by atoms with van der Waals surface area (Å²) in [4.78, 5) is 29.1. The van der Waals surface area contributed by atoms with Crippen molar-refractivity contribution in [3.8, 4) is 0 Å². The molecule has 6 heteroatoms. The second kappa shape index (κ2) is 16.5. The number of carbonyl (C=O) groups is 2. The highest BCUT2D eigenvalue weighted by atomic mass is 16.4. The number of aliphatic carboxylic acids is 2. The fourth-order valence-electron chi connectivity index (χ4n) is 5.66. The van der Waals surface area contributed by atoms with Crippen LogP contribution < -0.4 is 9.80 Å². The summed E-state index contributed by atoms with van der Waals surface area (Å²) in [6.07, 6.45) is 9.68. The molecule has 242 valence electrons. The zero-order chi connectivity index (χ0) is 34.0. The van der Waals surface area contributed by atoms with Gasteiger partial charge in [0.25, 0.3) is 0 Å². The Morgan fingerprint density at radius 2 is 1.02 bits per heavy atom. The lowest BCUT2D eigenvalue weighted by atomic mass is 9.89. The summed E-state index contributed by atoms with van der Waals surface area (Å²) < 4.78 is 0. The van der Waals surface area contributed by atoms with Gasteiger partial charge in [0.05, 0.1) is 11.1 Å². The molecule has 2 N–H and O–H groups in total. The van der Waals surface area contributed by atoms with Gasteiger partial charge < -0.3 is 20.0 Å². The van der Waals surface area contributed by atoms with Gasteiger partial charge in [0.1, 0.15) is 0 Å². The molecule has 0 atom stereocenters. The van der Waals surface area contributed by atoms with Crippen LogP contribution in [0.3, 0.4) is 0 Å². The Morgan fingerprint density at radius 1 is 0.630 bits per heavy atom. The van der Waals surface area contributed by atoms with E-state index in [2.05, 4.69) is 92.1 Å². The van der Waals surface area contributed by atoms with Crippen LogP contribution in [0.4, 0.5) is 11.4 Å². The highest BCUT2D eigenvalue weighted by Crippen LogP contribution is 2.30. The summed E-state index contributed by atoms with van der Waals surface area (Å²) in [5.74, 6) is -2.54. The van der Waals surface area contributed by atoms with E-state index in [9.17, 15) is 19.8 Å². The van der Waals surface area contributed by atoms with Crippen molar-refractivity contribution in [1.29, 1.82) is 0 Å². The maximum Gasteiger partial charge on any atom is 0.336 e. The lowest BCUT2D eigenvalue weighted by molar-refractivity contribution is -0.136. The number of hydrogen-bond donors (Lipinski definition) is 2. The third-order valence-electron chi connectivity index (χ3n) is 8.44. The fraction of sp³-hybridized carbons (Fsp3) is 0.300. The van der Waals surface area contributed by atoms with Crippen LogP contribution in [-0.4, -0.2) is 48.3 Å². The van der Waals surface area contributed by atoms with E-state index in [1.807, 2.05) is 38.2 Å². The van der Waals surface area contributed by atoms with Crippen LogP contribution in [0.5, 0.6) is 0 Å². The van der Waals surface area contributed by atoms with Crippen LogP contribution in [0.15, 0.2) is 71.3 Å². The van der Waals surface area contributed by atoms with Crippen LogP contribution >= 0.6 is 0 Å². The lowest BCUT2D eigenvalue weighted by Crippen LogP contribution is -2.21. The topological polar surface area (TPSA) is 81.1 Å². The summed E-state index contributed by atoms with van der Waals surface area (Å²) >= 11 is 0.